The second-order valence-corrected chi connectivity index (χ2v) is 4.59. The van der Waals surface area contributed by atoms with E-state index < -0.39 is 36.7 Å². The van der Waals surface area contributed by atoms with Gasteiger partial charge in [0.15, 0.2) is 0 Å². The van der Waals surface area contributed by atoms with Crippen LogP contribution in [0, 0.1) is 5.92 Å². The third-order valence-electron chi connectivity index (χ3n) is 2.83. The van der Waals surface area contributed by atoms with E-state index in [-0.39, 0.29) is 17.7 Å². The average Bonchev–Trinajstić information content (AvgIpc) is 2.53. The second-order valence-electron chi connectivity index (χ2n) is 4.59. The van der Waals surface area contributed by atoms with Crippen LogP contribution in [0.15, 0.2) is 24.3 Å². The molecule has 124 valence electrons. The van der Waals surface area contributed by atoms with Crippen LogP contribution in [-0.2, 0) is 0 Å². The molecule has 8 nitrogen and oxygen atoms in total. The van der Waals surface area contributed by atoms with E-state index in [0.717, 1.165) is 0 Å². The lowest BCUT2D eigenvalue weighted by atomic mass is 10.0. The van der Waals surface area contributed by atoms with Crippen molar-refractivity contribution in [3.8, 4) is 0 Å². The lowest BCUT2D eigenvalue weighted by molar-refractivity contribution is -0.0496. The Kier molecular flexibility index (Phi) is 8.95. The normalized spacial score (nSPS) is 14.2. The number of aliphatic hydroxyl groups is 4. The lowest BCUT2D eigenvalue weighted by Crippen LogP contribution is -2.36. The summed E-state index contributed by atoms with van der Waals surface area (Å²) in [6.45, 7) is 0.910. The third kappa shape index (κ3) is 6.64. The fourth-order valence-electron chi connectivity index (χ4n) is 1.35. The van der Waals surface area contributed by atoms with E-state index in [1.54, 1.807) is 6.92 Å². The number of aliphatic hydroxyl groups excluding tert-OH is 4. The number of hydrogen-bond acceptors (Lipinski definition) is 6. The minimum Gasteiger partial charge on any atom is -0.478 e. The lowest BCUT2D eigenvalue weighted by Gasteiger charge is -2.20. The van der Waals surface area contributed by atoms with Gasteiger partial charge >= 0.3 is 11.9 Å². The maximum atomic E-state index is 10.3. The Morgan fingerprint density at radius 2 is 1.27 bits per heavy atom. The van der Waals surface area contributed by atoms with Gasteiger partial charge < -0.3 is 30.6 Å². The van der Waals surface area contributed by atoms with Gasteiger partial charge in [0, 0.05) is 12.5 Å². The molecule has 1 aromatic rings. The first-order valence-electron chi connectivity index (χ1n) is 6.39. The average molecular weight is 316 g/mol. The summed E-state index contributed by atoms with van der Waals surface area (Å²) in [7, 11) is 0. The zero-order valence-electron chi connectivity index (χ0n) is 12.0. The Hall–Kier alpha value is -2.00. The number of hydrogen-bond donors (Lipinski definition) is 6. The zero-order valence-corrected chi connectivity index (χ0v) is 12.0. The monoisotopic (exact) mass is 316 g/mol. The highest BCUT2D eigenvalue weighted by atomic mass is 16.4. The van der Waals surface area contributed by atoms with Crippen LogP contribution in [0.4, 0.5) is 0 Å². The summed E-state index contributed by atoms with van der Waals surface area (Å²) in [4.78, 5) is 20.7. The molecule has 0 saturated carbocycles. The SMILES string of the molecule is CC(CO)C(O)C(O)CO.O=C(O)c1ccc(C(=O)O)cc1. The summed E-state index contributed by atoms with van der Waals surface area (Å²) in [6, 6.07) is 5.02. The minimum absolute atomic E-state index is 0.0833. The second kappa shape index (κ2) is 9.85. The van der Waals surface area contributed by atoms with Crippen molar-refractivity contribution in [1.82, 2.24) is 0 Å². The molecule has 0 aliphatic carbocycles. The zero-order chi connectivity index (χ0) is 17.3. The molecular weight excluding hydrogens is 296 g/mol. The van der Waals surface area contributed by atoms with Gasteiger partial charge in [-0.1, -0.05) is 6.92 Å². The number of benzene rings is 1. The van der Waals surface area contributed by atoms with Gasteiger partial charge in [0.1, 0.15) is 6.10 Å². The third-order valence-corrected chi connectivity index (χ3v) is 2.83. The predicted molar refractivity (Wildman–Crippen MR) is 75.7 cm³/mol. The molecule has 0 amide bonds. The molecule has 0 aliphatic rings. The minimum atomic E-state index is -1.15. The maximum Gasteiger partial charge on any atom is 0.335 e. The van der Waals surface area contributed by atoms with E-state index in [9.17, 15) is 9.59 Å². The van der Waals surface area contributed by atoms with E-state index in [0.29, 0.717) is 0 Å². The van der Waals surface area contributed by atoms with Gasteiger partial charge in [-0.2, -0.15) is 0 Å². The number of aromatic carboxylic acids is 2. The molecule has 0 bridgehead atoms. The fraction of sp³-hybridized carbons (Fsp3) is 0.429. The molecule has 0 radical (unpaired) electrons. The molecule has 0 spiro atoms. The first-order chi connectivity index (χ1) is 10.2. The molecular formula is C14H20O8. The molecule has 1 aromatic carbocycles. The largest absolute Gasteiger partial charge is 0.478 e. The van der Waals surface area contributed by atoms with Crippen molar-refractivity contribution in [3.63, 3.8) is 0 Å². The van der Waals surface area contributed by atoms with Crippen molar-refractivity contribution < 1.29 is 40.2 Å². The van der Waals surface area contributed by atoms with Crippen molar-refractivity contribution >= 4 is 11.9 Å². The van der Waals surface area contributed by atoms with Gasteiger partial charge in [0.05, 0.1) is 23.8 Å². The van der Waals surface area contributed by atoms with Crippen molar-refractivity contribution in [2.45, 2.75) is 19.1 Å². The first-order valence-corrected chi connectivity index (χ1v) is 6.39. The van der Waals surface area contributed by atoms with Crippen LogP contribution in [-0.4, -0.2) is 68.0 Å². The van der Waals surface area contributed by atoms with Crippen LogP contribution in [0.3, 0.4) is 0 Å². The van der Waals surface area contributed by atoms with Crippen LogP contribution >= 0.6 is 0 Å². The number of carboxylic acid groups (broad SMARTS) is 2. The Balaban J connectivity index is 0.000000409. The summed E-state index contributed by atoms with van der Waals surface area (Å²) in [5.74, 6) is -2.53. The summed E-state index contributed by atoms with van der Waals surface area (Å²) in [6.07, 6.45) is -2.20. The summed E-state index contributed by atoms with van der Waals surface area (Å²) in [5.41, 5.74) is 0.167. The number of carboxylic acids is 2. The van der Waals surface area contributed by atoms with Gasteiger partial charge in [-0.05, 0) is 24.3 Å². The van der Waals surface area contributed by atoms with Gasteiger partial charge in [-0.15, -0.1) is 0 Å². The van der Waals surface area contributed by atoms with Crippen molar-refractivity contribution in [2.24, 2.45) is 5.92 Å². The van der Waals surface area contributed by atoms with Crippen molar-refractivity contribution in [3.05, 3.63) is 35.4 Å². The van der Waals surface area contributed by atoms with Gasteiger partial charge in [-0.25, -0.2) is 9.59 Å². The van der Waals surface area contributed by atoms with Crippen LogP contribution in [0.1, 0.15) is 27.6 Å². The van der Waals surface area contributed by atoms with Gasteiger partial charge in [0.25, 0.3) is 0 Å². The standard InChI is InChI=1S/C8H6O4.C6H14O4/c9-7(10)5-1-2-6(4-3-5)8(11)12;1-4(2-7)6(10)5(9)3-8/h1-4H,(H,9,10)(H,11,12);4-10H,2-3H2,1H3. The highest BCUT2D eigenvalue weighted by Gasteiger charge is 2.20. The Bertz CT molecular complexity index is 427. The molecule has 22 heavy (non-hydrogen) atoms. The molecule has 0 aliphatic heterocycles. The maximum absolute atomic E-state index is 10.3. The van der Waals surface area contributed by atoms with E-state index in [2.05, 4.69) is 0 Å². The van der Waals surface area contributed by atoms with E-state index in [1.807, 2.05) is 0 Å². The molecule has 0 fully saturated rings. The van der Waals surface area contributed by atoms with Crippen LogP contribution in [0.5, 0.6) is 0 Å². The first kappa shape index (κ1) is 20.0. The Morgan fingerprint density at radius 1 is 0.909 bits per heavy atom. The van der Waals surface area contributed by atoms with Gasteiger partial charge in [0.2, 0.25) is 0 Å². The van der Waals surface area contributed by atoms with Crippen molar-refractivity contribution in [1.29, 1.82) is 0 Å². The summed E-state index contributed by atoms with van der Waals surface area (Å²) >= 11 is 0. The molecule has 0 heterocycles. The smallest absolute Gasteiger partial charge is 0.335 e. The number of rotatable bonds is 6. The molecule has 3 unspecified atom stereocenters. The summed E-state index contributed by atoms with van der Waals surface area (Å²) in [5, 5.41) is 51.6. The fourth-order valence-corrected chi connectivity index (χ4v) is 1.35. The molecule has 0 aromatic heterocycles. The molecule has 8 heteroatoms. The summed E-state index contributed by atoms with van der Waals surface area (Å²) < 4.78 is 0. The van der Waals surface area contributed by atoms with E-state index in [1.165, 1.54) is 24.3 Å². The van der Waals surface area contributed by atoms with Crippen LogP contribution in [0.2, 0.25) is 0 Å². The Labute approximate surface area is 126 Å². The molecule has 0 saturated heterocycles. The highest BCUT2D eigenvalue weighted by molar-refractivity contribution is 5.91. The van der Waals surface area contributed by atoms with E-state index >= 15 is 0 Å². The quantitative estimate of drug-likeness (QED) is 0.407. The predicted octanol–water partition coefficient (Wildman–Crippen LogP) is -0.588. The van der Waals surface area contributed by atoms with Gasteiger partial charge in [-0.3, -0.25) is 0 Å². The number of carbonyl (C=O) groups is 2. The molecule has 3 atom stereocenters. The topological polar surface area (TPSA) is 156 Å². The molecule has 1 rings (SSSR count). The van der Waals surface area contributed by atoms with E-state index in [4.69, 9.17) is 30.6 Å². The van der Waals surface area contributed by atoms with Crippen LogP contribution in [0.25, 0.3) is 0 Å². The van der Waals surface area contributed by atoms with Crippen molar-refractivity contribution in [2.75, 3.05) is 13.2 Å². The Morgan fingerprint density at radius 3 is 1.50 bits per heavy atom. The van der Waals surface area contributed by atoms with Crippen LogP contribution < -0.4 is 0 Å². The highest BCUT2D eigenvalue weighted by Crippen LogP contribution is 2.05. The molecule has 6 N–H and O–H groups in total.